The van der Waals surface area contributed by atoms with Gasteiger partial charge in [-0.25, -0.2) is 4.79 Å². The molecule has 5 amide bonds. The molecular formula is C26H28N4O4. The minimum atomic E-state index is -0.653. The molecule has 2 N–H and O–H groups in total. The van der Waals surface area contributed by atoms with Crippen LogP contribution in [0.3, 0.4) is 0 Å². The Morgan fingerprint density at radius 2 is 1.82 bits per heavy atom. The lowest BCUT2D eigenvalue weighted by molar-refractivity contribution is -0.136. The van der Waals surface area contributed by atoms with Gasteiger partial charge >= 0.3 is 6.03 Å². The molecule has 0 aliphatic carbocycles. The van der Waals surface area contributed by atoms with E-state index < -0.39 is 11.9 Å². The van der Waals surface area contributed by atoms with E-state index in [1.54, 1.807) is 23.1 Å². The molecule has 1 saturated heterocycles. The highest BCUT2D eigenvalue weighted by molar-refractivity contribution is 6.05. The number of hydrogen-bond acceptors (Lipinski definition) is 4. The number of nitrogens with zero attached hydrogens (tertiary/aromatic N) is 2. The zero-order chi connectivity index (χ0) is 24.0. The fourth-order valence-corrected chi connectivity index (χ4v) is 4.96. The summed E-state index contributed by atoms with van der Waals surface area (Å²) in [6.45, 7) is 5.81. The Hall–Kier alpha value is -3.68. The van der Waals surface area contributed by atoms with Crippen molar-refractivity contribution < 1.29 is 19.2 Å². The summed E-state index contributed by atoms with van der Waals surface area (Å²) in [4.78, 5) is 52.9. The van der Waals surface area contributed by atoms with Gasteiger partial charge in [-0.05, 0) is 59.2 Å². The van der Waals surface area contributed by atoms with Crippen molar-refractivity contribution in [1.29, 1.82) is 0 Å². The van der Waals surface area contributed by atoms with Crippen molar-refractivity contribution in [3.63, 3.8) is 0 Å². The molecular weight excluding hydrogens is 432 g/mol. The summed E-state index contributed by atoms with van der Waals surface area (Å²) in [5.41, 5.74) is 5.65. The first-order valence-corrected chi connectivity index (χ1v) is 11.8. The summed E-state index contributed by atoms with van der Waals surface area (Å²) in [6, 6.07) is 10.9. The number of fused-ring (bicyclic) bond motifs is 2. The van der Waals surface area contributed by atoms with E-state index in [0.29, 0.717) is 36.7 Å². The topological polar surface area (TPSA) is 98.8 Å². The highest BCUT2D eigenvalue weighted by atomic mass is 16.2. The van der Waals surface area contributed by atoms with Crippen LogP contribution in [0.2, 0.25) is 0 Å². The Labute approximate surface area is 198 Å². The highest BCUT2D eigenvalue weighted by Gasteiger charge is 2.39. The van der Waals surface area contributed by atoms with Crippen molar-refractivity contribution in [2.45, 2.75) is 58.2 Å². The number of anilines is 1. The van der Waals surface area contributed by atoms with E-state index in [1.807, 2.05) is 0 Å². The van der Waals surface area contributed by atoms with Crippen LogP contribution in [0, 0.1) is 0 Å². The van der Waals surface area contributed by atoms with Crippen LogP contribution in [0.4, 0.5) is 10.5 Å². The van der Waals surface area contributed by atoms with Crippen LogP contribution in [-0.4, -0.2) is 46.1 Å². The van der Waals surface area contributed by atoms with Crippen LogP contribution in [-0.2, 0) is 29.1 Å². The number of amides is 5. The fourth-order valence-electron chi connectivity index (χ4n) is 4.96. The number of urea groups is 1. The van der Waals surface area contributed by atoms with Gasteiger partial charge in [-0.1, -0.05) is 32.0 Å². The second-order valence-electron chi connectivity index (χ2n) is 9.56. The quantitative estimate of drug-likeness (QED) is 0.688. The number of imide groups is 1. The van der Waals surface area contributed by atoms with Crippen molar-refractivity contribution in [1.82, 2.24) is 15.1 Å². The van der Waals surface area contributed by atoms with Crippen molar-refractivity contribution in [3.05, 3.63) is 64.2 Å². The first-order valence-electron chi connectivity index (χ1n) is 11.8. The van der Waals surface area contributed by atoms with E-state index in [9.17, 15) is 19.2 Å². The number of piperidine rings is 1. The van der Waals surface area contributed by atoms with Gasteiger partial charge in [0.15, 0.2) is 0 Å². The predicted octanol–water partition coefficient (Wildman–Crippen LogP) is 3.16. The molecule has 0 aromatic heterocycles. The van der Waals surface area contributed by atoms with Crippen molar-refractivity contribution in [2.75, 3.05) is 11.9 Å². The molecule has 0 spiro atoms. The second-order valence-corrected chi connectivity index (χ2v) is 9.56. The molecule has 2 aromatic carbocycles. The Morgan fingerprint density at radius 1 is 1.00 bits per heavy atom. The number of hydrogen-bond donors (Lipinski definition) is 2. The third-order valence-corrected chi connectivity index (χ3v) is 6.97. The van der Waals surface area contributed by atoms with Gasteiger partial charge in [0.2, 0.25) is 11.8 Å². The largest absolute Gasteiger partial charge is 0.322 e. The maximum Gasteiger partial charge on any atom is 0.322 e. The Morgan fingerprint density at radius 3 is 2.59 bits per heavy atom. The van der Waals surface area contributed by atoms with Gasteiger partial charge < -0.3 is 15.1 Å². The lowest BCUT2D eigenvalue weighted by atomic mass is 9.93. The SMILES string of the molecule is CC(C)c1ccc2c(c1)CN(C(=O)Nc1ccc3c(c1)CN(C1CCC(=O)NC1=O)C3=O)CC2. The summed E-state index contributed by atoms with van der Waals surface area (Å²) in [7, 11) is 0. The van der Waals surface area contributed by atoms with Crippen LogP contribution in [0.25, 0.3) is 0 Å². The number of carbonyl (C=O) groups excluding carboxylic acids is 4. The Bertz CT molecular complexity index is 1210. The van der Waals surface area contributed by atoms with Crippen LogP contribution in [0.1, 0.15) is 65.2 Å². The molecule has 8 heteroatoms. The lowest BCUT2D eigenvalue weighted by Crippen LogP contribution is -2.52. The molecule has 0 bridgehead atoms. The fraction of sp³-hybridized carbons (Fsp3) is 0.385. The lowest BCUT2D eigenvalue weighted by Gasteiger charge is -2.29. The van der Waals surface area contributed by atoms with E-state index >= 15 is 0 Å². The molecule has 1 fully saturated rings. The summed E-state index contributed by atoms with van der Waals surface area (Å²) < 4.78 is 0. The van der Waals surface area contributed by atoms with Crippen LogP contribution < -0.4 is 10.6 Å². The van der Waals surface area contributed by atoms with Crippen molar-refractivity contribution >= 4 is 29.4 Å². The molecule has 0 saturated carbocycles. The summed E-state index contributed by atoms with van der Waals surface area (Å²) in [6.07, 6.45) is 1.36. The first kappa shape index (κ1) is 22.1. The summed E-state index contributed by atoms with van der Waals surface area (Å²) >= 11 is 0. The van der Waals surface area contributed by atoms with Gasteiger partial charge in [0.1, 0.15) is 6.04 Å². The van der Waals surface area contributed by atoms with Gasteiger partial charge in [-0.15, -0.1) is 0 Å². The van der Waals surface area contributed by atoms with Gasteiger partial charge in [0, 0.05) is 37.3 Å². The molecule has 3 heterocycles. The van der Waals surface area contributed by atoms with Gasteiger partial charge in [-0.3, -0.25) is 19.7 Å². The maximum atomic E-state index is 13.0. The smallest absolute Gasteiger partial charge is 0.322 e. The van der Waals surface area contributed by atoms with Crippen LogP contribution in [0.5, 0.6) is 0 Å². The monoisotopic (exact) mass is 460 g/mol. The third kappa shape index (κ3) is 4.04. The van der Waals surface area contributed by atoms with Crippen molar-refractivity contribution in [2.24, 2.45) is 0 Å². The number of nitrogens with one attached hydrogen (secondary N) is 2. The Balaban J connectivity index is 1.27. The normalized spacial score (nSPS) is 19.7. The molecule has 2 aromatic rings. The number of benzene rings is 2. The predicted molar refractivity (Wildman–Crippen MR) is 126 cm³/mol. The van der Waals surface area contributed by atoms with Crippen LogP contribution >= 0.6 is 0 Å². The molecule has 1 atom stereocenters. The highest BCUT2D eigenvalue weighted by Crippen LogP contribution is 2.30. The minimum absolute atomic E-state index is 0.174. The van der Waals surface area contributed by atoms with E-state index in [-0.39, 0.29) is 30.8 Å². The Kier molecular flexibility index (Phi) is 5.59. The number of rotatable bonds is 3. The van der Waals surface area contributed by atoms with Gasteiger partial charge in [0.05, 0.1) is 0 Å². The molecule has 3 aliphatic rings. The molecule has 5 rings (SSSR count). The van der Waals surface area contributed by atoms with Gasteiger partial charge in [-0.2, -0.15) is 0 Å². The second kappa shape index (κ2) is 8.59. The molecule has 0 radical (unpaired) electrons. The molecule has 3 aliphatic heterocycles. The van der Waals surface area contributed by atoms with Crippen LogP contribution in [0.15, 0.2) is 36.4 Å². The van der Waals surface area contributed by atoms with E-state index in [2.05, 4.69) is 42.7 Å². The van der Waals surface area contributed by atoms with Gasteiger partial charge in [0.25, 0.3) is 5.91 Å². The summed E-state index contributed by atoms with van der Waals surface area (Å²) in [5, 5.41) is 5.28. The maximum absolute atomic E-state index is 13.0. The minimum Gasteiger partial charge on any atom is -0.322 e. The molecule has 176 valence electrons. The average Bonchev–Trinajstić information content (AvgIpc) is 3.13. The van der Waals surface area contributed by atoms with Crippen molar-refractivity contribution in [3.8, 4) is 0 Å². The van der Waals surface area contributed by atoms with E-state index in [4.69, 9.17) is 0 Å². The zero-order valence-electron chi connectivity index (χ0n) is 19.4. The standard InChI is InChI=1S/C26H28N4O4/c1-15(2)17-4-3-16-9-10-29(13-18(16)11-17)26(34)27-20-5-6-21-19(12-20)14-30(25(21)33)22-7-8-23(31)28-24(22)32/h3-6,11-12,15,22H,7-10,13-14H2,1-2H3,(H,27,34)(H,28,31,32). The molecule has 1 unspecified atom stereocenters. The zero-order valence-corrected chi connectivity index (χ0v) is 19.4. The molecule has 34 heavy (non-hydrogen) atoms. The first-order chi connectivity index (χ1) is 16.3. The number of carbonyl (C=O) groups is 4. The van der Waals surface area contributed by atoms with E-state index in [0.717, 1.165) is 12.0 Å². The van der Waals surface area contributed by atoms with E-state index in [1.165, 1.54) is 21.6 Å². The molecule has 8 nitrogen and oxygen atoms in total. The average molecular weight is 461 g/mol. The summed E-state index contributed by atoms with van der Waals surface area (Å²) in [5.74, 6) is -0.535. The third-order valence-electron chi connectivity index (χ3n) is 6.97.